The average Bonchev–Trinajstić information content (AvgIpc) is 2.90. The van der Waals surface area contributed by atoms with E-state index in [0.717, 1.165) is 31.4 Å². The molecule has 0 aliphatic carbocycles. The summed E-state index contributed by atoms with van der Waals surface area (Å²) in [6, 6.07) is 6.34. The molecule has 1 aromatic rings. The molecular weight excluding hydrogens is 236 g/mol. The first-order valence-electron chi connectivity index (χ1n) is 7.32. The van der Waals surface area contributed by atoms with E-state index >= 15 is 0 Å². The molecule has 0 radical (unpaired) electrons. The first-order chi connectivity index (χ1) is 9.15. The summed E-state index contributed by atoms with van der Waals surface area (Å²) in [5, 5.41) is 6.74. The highest BCUT2D eigenvalue weighted by molar-refractivity contribution is 6.00. The van der Waals surface area contributed by atoms with Crippen molar-refractivity contribution in [3.05, 3.63) is 29.3 Å². The maximum Gasteiger partial charge on any atom is 0.179 e. The van der Waals surface area contributed by atoms with Crippen LogP contribution in [0.3, 0.4) is 0 Å². The number of rotatable bonds is 6. The van der Waals surface area contributed by atoms with Gasteiger partial charge in [-0.1, -0.05) is 13.8 Å². The molecule has 3 nitrogen and oxygen atoms in total. The van der Waals surface area contributed by atoms with E-state index in [2.05, 4.69) is 37.5 Å². The van der Waals surface area contributed by atoms with Gasteiger partial charge in [0.15, 0.2) is 5.78 Å². The number of anilines is 1. The number of hydrogen-bond acceptors (Lipinski definition) is 3. The van der Waals surface area contributed by atoms with Crippen molar-refractivity contribution in [2.45, 2.75) is 52.1 Å². The van der Waals surface area contributed by atoms with E-state index < -0.39 is 0 Å². The number of Topliss-reactive ketones (excluding diaryl/α,β-unsaturated/α-hetero) is 1. The molecule has 2 N–H and O–H groups in total. The van der Waals surface area contributed by atoms with Gasteiger partial charge in [-0.15, -0.1) is 0 Å². The zero-order chi connectivity index (χ0) is 13.8. The predicted octanol–water partition coefficient (Wildman–Crippen LogP) is 3.00. The molecule has 1 aromatic carbocycles. The molecule has 0 bridgehead atoms. The molecule has 3 heteroatoms. The second-order valence-corrected chi connectivity index (χ2v) is 5.35. The summed E-state index contributed by atoms with van der Waals surface area (Å²) in [4.78, 5) is 12.5. The van der Waals surface area contributed by atoms with Gasteiger partial charge in [0.05, 0.1) is 6.04 Å². The van der Waals surface area contributed by atoms with Gasteiger partial charge in [0, 0.05) is 23.8 Å². The molecule has 1 aliphatic heterocycles. The van der Waals surface area contributed by atoms with Crippen LogP contribution in [0.2, 0.25) is 0 Å². The minimum Gasteiger partial charge on any atom is -0.384 e. The summed E-state index contributed by atoms with van der Waals surface area (Å²) in [5.41, 5.74) is 3.29. The van der Waals surface area contributed by atoms with Crippen LogP contribution in [0, 0.1) is 0 Å². The van der Waals surface area contributed by atoms with Crippen molar-refractivity contribution in [2.24, 2.45) is 0 Å². The quantitative estimate of drug-likeness (QED) is 0.773. The number of fused-ring (bicyclic) bond motifs is 1. The van der Waals surface area contributed by atoms with Crippen molar-refractivity contribution >= 4 is 11.5 Å². The van der Waals surface area contributed by atoms with Crippen LogP contribution in [-0.2, 0) is 6.42 Å². The van der Waals surface area contributed by atoms with Crippen LogP contribution < -0.4 is 10.6 Å². The molecule has 0 saturated carbocycles. The predicted molar refractivity (Wildman–Crippen MR) is 79.9 cm³/mol. The zero-order valence-electron chi connectivity index (χ0n) is 12.1. The molecule has 0 spiro atoms. The number of ketones is 1. The summed E-state index contributed by atoms with van der Waals surface area (Å²) >= 11 is 0. The lowest BCUT2D eigenvalue weighted by molar-refractivity contribution is 0.0934. The largest absolute Gasteiger partial charge is 0.384 e. The Bertz CT molecular complexity index is 456. The molecule has 2 atom stereocenters. The van der Waals surface area contributed by atoms with Crippen LogP contribution in [0.4, 0.5) is 5.69 Å². The minimum atomic E-state index is -0.0673. The fraction of sp³-hybridized carbons (Fsp3) is 0.562. The summed E-state index contributed by atoms with van der Waals surface area (Å²) < 4.78 is 0. The van der Waals surface area contributed by atoms with Crippen molar-refractivity contribution in [1.29, 1.82) is 0 Å². The standard InChI is InChI=1S/C16H24N2O/c1-4-11(3)18-14(5-2)16(19)13-6-7-15-12(10-13)8-9-17-15/h6-7,10-11,14,17-18H,4-5,8-9H2,1-3H3. The van der Waals surface area contributed by atoms with Crippen molar-refractivity contribution in [3.8, 4) is 0 Å². The van der Waals surface area contributed by atoms with E-state index in [9.17, 15) is 4.79 Å². The van der Waals surface area contributed by atoms with Gasteiger partial charge in [-0.3, -0.25) is 4.79 Å². The highest BCUT2D eigenvalue weighted by Gasteiger charge is 2.21. The number of hydrogen-bond donors (Lipinski definition) is 2. The van der Waals surface area contributed by atoms with E-state index in [4.69, 9.17) is 0 Å². The summed E-state index contributed by atoms with van der Waals surface area (Å²) in [7, 11) is 0. The third kappa shape index (κ3) is 3.16. The number of benzene rings is 1. The summed E-state index contributed by atoms with van der Waals surface area (Å²) in [5.74, 6) is 0.220. The smallest absolute Gasteiger partial charge is 0.179 e. The van der Waals surface area contributed by atoms with Gasteiger partial charge in [0.1, 0.15) is 0 Å². The van der Waals surface area contributed by atoms with E-state index in [1.807, 2.05) is 12.1 Å². The molecule has 19 heavy (non-hydrogen) atoms. The second-order valence-electron chi connectivity index (χ2n) is 5.35. The van der Waals surface area contributed by atoms with Gasteiger partial charge in [0.25, 0.3) is 0 Å². The Labute approximate surface area is 115 Å². The Balaban J connectivity index is 2.13. The van der Waals surface area contributed by atoms with Crippen molar-refractivity contribution < 1.29 is 4.79 Å². The fourth-order valence-electron chi connectivity index (χ4n) is 2.50. The Hall–Kier alpha value is -1.35. The van der Waals surface area contributed by atoms with Crippen LogP contribution in [0.25, 0.3) is 0 Å². The summed E-state index contributed by atoms with van der Waals surface area (Å²) in [6.45, 7) is 7.31. The Kier molecular flexibility index (Phi) is 4.59. The average molecular weight is 260 g/mol. The lowest BCUT2D eigenvalue weighted by atomic mass is 9.98. The number of carbonyl (C=O) groups excluding carboxylic acids is 1. The highest BCUT2D eigenvalue weighted by atomic mass is 16.1. The van der Waals surface area contributed by atoms with Gasteiger partial charge in [-0.2, -0.15) is 0 Å². The van der Waals surface area contributed by atoms with Crippen molar-refractivity contribution in [2.75, 3.05) is 11.9 Å². The van der Waals surface area contributed by atoms with Gasteiger partial charge >= 0.3 is 0 Å². The number of nitrogens with one attached hydrogen (secondary N) is 2. The minimum absolute atomic E-state index is 0.0673. The van der Waals surface area contributed by atoms with Crippen LogP contribution >= 0.6 is 0 Å². The van der Waals surface area contributed by atoms with E-state index in [-0.39, 0.29) is 11.8 Å². The molecule has 2 rings (SSSR count). The van der Waals surface area contributed by atoms with Crippen LogP contribution in [0.5, 0.6) is 0 Å². The molecule has 2 unspecified atom stereocenters. The monoisotopic (exact) mass is 260 g/mol. The normalized spacial score (nSPS) is 16.6. The number of carbonyl (C=O) groups is 1. The van der Waals surface area contributed by atoms with Crippen LogP contribution in [-0.4, -0.2) is 24.4 Å². The molecule has 0 aromatic heterocycles. The van der Waals surface area contributed by atoms with Crippen molar-refractivity contribution in [1.82, 2.24) is 5.32 Å². The summed E-state index contributed by atoms with van der Waals surface area (Å²) in [6.07, 6.45) is 2.89. The van der Waals surface area contributed by atoms with E-state index in [1.165, 1.54) is 11.3 Å². The zero-order valence-corrected chi connectivity index (χ0v) is 12.1. The first kappa shape index (κ1) is 14.1. The topological polar surface area (TPSA) is 41.1 Å². The van der Waals surface area contributed by atoms with E-state index in [1.54, 1.807) is 0 Å². The van der Waals surface area contributed by atoms with Crippen LogP contribution in [0.15, 0.2) is 18.2 Å². The third-order valence-electron chi connectivity index (χ3n) is 3.92. The molecule has 0 amide bonds. The molecule has 0 fully saturated rings. The molecular formula is C16H24N2O. The molecule has 1 aliphatic rings. The maximum absolute atomic E-state index is 12.5. The van der Waals surface area contributed by atoms with Gasteiger partial charge in [-0.05, 0) is 49.9 Å². The lowest BCUT2D eigenvalue weighted by Gasteiger charge is -2.20. The van der Waals surface area contributed by atoms with Gasteiger partial charge < -0.3 is 10.6 Å². The lowest BCUT2D eigenvalue weighted by Crippen LogP contribution is -2.41. The Morgan fingerprint density at radius 2 is 2.16 bits per heavy atom. The first-order valence-corrected chi connectivity index (χ1v) is 7.32. The fourth-order valence-corrected chi connectivity index (χ4v) is 2.50. The van der Waals surface area contributed by atoms with Crippen LogP contribution in [0.1, 0.15) is 49.5 Å². The van der Waals surface area contributed by atoms with Crippen molar-refractivity contribution in [3.63, 3.8) is 0 Å². The second kappa shape index (κ2) is 6.20. The molecule has 104 valence electrons. The highest BCUT2D eigenvalue weighted by Crippen LogP contribution is 2.23. The Morgan fingerprint density at radius 1 is 1.37 bits per heavy atom. The molecule has 0 saturated heterocycles. The maximum atomic E-state index is 12.5. The Morgan fingerprint density at radius 3 is 2.84 bits per heavy atom. The molecule has 1 heterocycles. The third-order valence-corrected chi connectivity index (χ3v) is 3.92. The van der Waals surface area contributed by atoms with Gasteiger partial charge in [-0.25, -0.2) is 0 Å². The van der Waals surface area contributed by atoms with Gasteiger partial charge in [0.2, 0.25) is 0 Å². The van der Waals surface area contributed by atoms with E-state index in [0.29, 0.717) is 6.04 Å². The SMILES string of the molecule is CCC(C)NC(CC)C(=O)c1ccc2c(c1)CCN2.